The molecule has 1 aromatic rings. The molecule has 0 radical (unpaired) electrons. The molecule has 1 atom stereocenters. The van der Waals surface area contributed by atoms with Gasteiger partial charge in [-0.05, 0) is 17.9 Å². The van der Waals surface area contributed by atoms with Gasteiger partial charge in [0, 0.05) is 4.88 Å². The molecule has 1 aromatic heterocycles. The quantitative estimate of drug-likeness (QED) is 0.673. The highest BCUT2D eigenvalue weighted by Crippen LogP contribution is 2.23. The molecule has 1 heterocycles. The van der Waals surface area contributed by atoms with Gasteiger partial charge in [-0.25, -0.2) is 0 Å². The summed E-state index contributed by atoms with van der Waals surface area (Å²) in [6, 6.07) is 4.02. The van der Waals surface area contributed by atoms with Crippen LogP contribution in [0.5, 0.6) is 0 Å². The lowest BCUT2D eigenvalue weighted by molar-refractivity contribution is 0.167. The fraction of sp³-hybridized carbons (Fsp3) is 0.667. The van der Waals surface area contributed by atoms with Crippen molar-refractivity contribution in [2.24, 2.45) is 0 Å². The van der Waals surface area contributed by atoms with Gasteiger partial charge in [0.2, 0.25) is 0 Å². The van der Waals surface area contributed by atoms with E-state index in [1.54, 1.807) is 11.3 Å². The highest BCUT2D eigenvalue weighted by atomic mass is 32.1. The van der Waals surface area contributed by atoms with Crippen molar-refractivity contribution in [3.8, 4) is 0 Å². The molecule has 1 N–H and O–H groups in total. The Morgan fingerprint density at radius 1 is 1.29 bits per heavy atom. The SMILES string of the molecule is CCCCCCCC(O)c1cccs1. The summed E-state index contributed by atoms with van der Waals surface area (Å²) in [6.07, 6.45) is 7.03. The van der Waals surface area contributed by atoms with Gasteiger partial charge in [-0.1, -0.05) is 45.1 Å². The average molecular weight is 212 g/mol. The lowest BCUT2D eigenvalue weighted by atomic mass is 10.1. The first kappa shape index (κ1) is 11.7. The van der Waals surface area contributed by atoms with Gasteiger partial charge in [0.05, 0.1) is 6.10 Å². The van der Waals surface area contributed by atoms with Crippen molar-refractivity contribution in [1.29, 1.82) is 0 Å². The first-order valence-corrected chi connectivity index (χ1v) is 6.44. The molecule has 1 unspecified atom stereocenters. The number of unbranched alkanes of at least 4 members (excludes halogenated alkanes) is 4. The van der Waals surface area contributed by atoms with Crippen molar-refractivity contribution < 1.29 is 5.11 Å². The molecule has 0 fully saturated rings. The number of aliphatic hydroxyl groups excluding tert-OH is 1. The molecular weight excluding hydrogens is 192 g/mol. The van der Waals surface area contributed by atoms with E-state index in [-0.39, 0.29) is 6.10 Å². The van der Waals surface area contributed by atoms with E-state index in [1.165, 1.54) is 25.7 Å². The maximum Gasteiger partial charge on any atom is 0.0882 e. The van der Waals surface area contributed by atoms with Crippen molar-refractivity contribution in [1.82, 2.24) is 0 Å². The van der Waals surface area contributed by atoms with Gasteiger partial charge in [-0.15, -0.1) is 11.3 Å². The van der Waals surface area contributed by atoms with Gasteiger partial charge < -0.3 is 5.11 Å². The summed E-state index contributed by atoms with van der Waals surface area (Å²) in [4.78, 5) is 1.11. The molecule has 0 aliphatic heterocycles. The van der Waals surface area contributed by atoms with Gasteiger partial charge in [0.1, 0.15) is 0 Å². The lowest BCUT2D eigenvalue weighted by Crippen LogP contribution is -1.94. The second-order valence-corrected chi connectivity index (χ2v) is 4.71. The second-order valence-electron chi connectivity index (χ2n) is 3.73. The third kappa shape index (κ3) is 4.25. The molecule has 1 nitrogen and oxygen atoms in total. The van der Waals surface area contributed by atoms with Crippen LogP contribution in [0.15, 0.2) is 17.5 Å². The van der Waals surface area contributed by atoms with Gasteiger partial charge in [-0.2, -0.15) is 0 Å². The monoisotopic (exact) mass is 212 g/mol. The van der Waals surface area contributed by atoms with Crippen LogP contribution in [0.3, 0.4) is 0 Å². The molecule has 0 aliphatic carbocycles. The standard InChI is InChI=1S/C12H20OS/c1-2-3-4-5-6-8-11(13)12-9-7-10-14-12/h7,9-11,13H,2-6,8H2,1H3. The van der Waals surface area contributed by atoms with Gasteiger partial charge in [0.15, 0.2) is 0 Å². The normalized spacial score (nSPS) is 13.0. The average Bonchev–Trinajstić information content (AvgIpc) is 2.70. The molecule has 0 aromatic carbocycles. The summed E-state index contributed by atoms with van der Waals surface area (Å²) in [7, 11) is 0. The smallest absolute Gasteiger partial charge is 0.0882 e. The number of hydrogen-bond donors (Lipinski definition) is 1. The third-order valence-electron chi connectivity index (χ3n) is 2.45. The predicted octanol–water partition coefficient (Wildman–Crippen LogP) is 4.14. The van der Waals surface area contributed by atoms with Crippen molar-refractivity contribution in [3.05, 3.63) is 22.4 Å². The van der Waals surface area contributed by atoms with Crippen LogP contribution in [0.1, 0.15) is 56.4 Å². The Hall–Kier alpha value is -0.340. The molecule has 0 spiro atoms. The van der Waals surface area contributed by atoms with Crippen LogP contribution in [-0.4, -0.2) is 5.11 Å². The minimum atomic E-state index is -0.225. The van der Waals surface area contributed by atoms with E-state index >= 15 is 0 Å². The molecule has 80 valence electrons. The topological polar surface area (TPSA) is 20.2 Å². The zero-order valence-corrected chi connectivity index (χ0v) is 9.72. The maximum absolute atomic E-state index is 9.78. The molecule has 1 rings (SSSR count). The largest absolute Gasteiger partial charge is 0.388 e. The van der Waals surface area contributed by atoms with E-state index in [0.29, 0.717) is 0 Å². The minimum absolute atomic E-state index is 0.225. The predicted molar refractivity (Wildman–Crippen MR) is 62.7 cm³/mol. The third-order valence-corrected chi connectivity index (χ3v) is 3.43. The van der Waals surface area contributed by atoms with Crippen molar-refractivity contribution in [2.45, 2.75) is 51.6 Å². The summed E-state index contributed by atoms with van der Waals surface area (Å²) >= 11 is 1.65. The molecule has 0 aliphatic rings. The van der Waals surface area contributed by atoms with E-state index in [9.17, 15) is 5.11 Å². The van der Waals surface area contributed by atoms with Crippen LogP contribution in [0.2, 0.25) is 0 Å². The molecule has 0 bridgehead atoms. The molecule has 0 saturated carbocycles. The van der Waals surface area contributed by atoms with E-state index < -0.39 is 0 Å². The van der Waals surface area contributed by atoms with Gasteiger partial charge >= 0.3 is 0 Å². The fourth-order valence-electron chi connectivity index (χ4n) is 1.56. The number of rotatable bonds is 7. The highest BCUT2D eigenvalue weighted by molar-refractivity contribution is 7.10. The molecule has 0 saturated heterocycles. The number of hydrogen-bond acceptors (Lipinski definition) is 2. The summed E-state index contributed by atoms with van der Waals surface area (Å²) in [6.45, 7) is 2.22. The summed E-state index contributed by atoms with van der Waals surface area (Å²) in [5, 5.41) is 11.8. The van der Waals surface area contributed by atoms with Crippen molar-refractivity contribution in [2.75, 3.05) is 0 Å². The van der Waals surface area contributed by atoms with Crippen molar-refractivity contribution in [3.63, 3.8) is 0 Å². The first-order valence-electron chi connectivity index (χ1n) is 5.56. The zero-order valence-electron chi connectivity index (χ0n) is 8.91. The Morgan fingerprint density at radius 3 is 2.71 bits per heavy atom. The van der Waals surface area contributed by atoms with Crippen LogP contribution in [0.4, 0.5) is 0 Å². The Bertz CT molecular complexity index is 218. The number of thiophene rings is 1. The summed E-state index contributed by atoms with van der Waals surface area (Å²) < 4.78 is 0. The fourth-order valence-corrected chi connectivity index (χ4v) is 2.31. The van der Waals surface area contributed by atoms with Gasteiger partial charge in [0.25, 0.3) is 0 Å². The highest BCUT2D eigenvalue weighted by Gasteiger charge is 2.06. The van der Waals surface area contributed by atoms with E-state index in [1.807, 2.05) is 17.5 Å². The molecular formula is C12H20OS. The minimum Gasteiger partial charge on any atom is -0.388 e. The summed E-state index contributed by atoms with van der Waals surface area (Å²) in [5.41, 5.74) is 0. The summed E-state index contributed by atoms with van der Waals surface area (Å²) in [5.74, 6) is 0. The Kier molecular flexibility index (Phi) is 5.88. The second kappa shape index (κ2) is 7.02. The molecule has 2 heteroatoms. The van der Waals surface area contributed by atoms with Crippen LogP contribution in [-0.2, 0) is 0 Å². The number of aliphatic hydroxyl groups is 1. The van der Waals surface area contributed by atoms with Crippen LogP contribution in [0, 0.1) is 0 Å². The van der Waals surface area contributed by atoms with Gasteiger partial charge in [-0.3, -0.25) is 0 Å². The first-order chi connectivity index (χ1) is 6.84. The van der Waals surface area contributed by atoms with Crippen LogP contribution >= 0.6 is 11.3 Å². The lowest BCUT2D eigenvalue weighted by Gasteiger charge is -2.07. The van der Waals surface area contributed by atoms with Crippen LogP contribution in [0.25, 0.3) is 0 Å². The Labute approximate surface area is 90.8 Å². The van der Waals surface area contributed by atoms with E-state index in [2.05, 4.69) is 6.92 Å². The van der Waals surface area contributed by atoms with Crippen molar-refractivity contribution >= 4 is 11.3 Å². The Balaban J connectivity index is 2.07. The molecule has 14 heavy (non-hydrogen) atoms. The van der Waals surface area contributed by atoms with E-state index in [0.717, 1.165) is 17.7 Å². The Morgan fingerprint density at radius 2 is 2.07 bits per heavy atom. The van der Waals surface area contributed by atoms with E-state index in [4.69, 9.17) is 0 Å². The maximum atomic E-state index is 9.78. The molecule has 0 amide bonds. The van der Waals surface area contributed by atoms with Crippen LogP contribution < -0.4 is 0 Å². The zero-order chi connectivity index (χ0) is 10.2.